The molecule has 0 aliphatic rings. The van der Waals surface area contributed by atoms with Gasteiger partial charge in [0.15, 0.2) is 0 Å². The van der Waals surface area contributed by atoms with Crippen LogP contribution < -0.4 is 5.32 Å². The van der Waals surface area contributed by atoms with E-state index in [1.807, 2.05) is 24.3 Å². The van der Waals surface area contributed by atoms with Crippen molar-refractivity contribution in [1.29, 1.82) is 0 Å². The third-order valence-corrected chi connectivity index (χ3v) is 6.96. The van der Waals surface area contributed by atoms with Crippen molar-refractivity contribution in [3.8, 4) is 0 Å². The monoisotopic (exact) mass is 462 g/mol. The molecule has 0 radical (unpaired) electrons. The molecular weight excluding hydrogens is 435 g/mol. The summed E-state index contributed by atoms with van der Waals surface area (Å²) in [5, 5.41) is 4.93. The van der Waals surface area contributed by atoms with Crippen LogP contribution in [0.25, 0.3) is 10.1 Å². The zero-order chi connectivity index (χ0) is 21.5. The van der Waals surface area contributed by atoms with Gasteiger partial charge >= 0.3 is 0 Å². The van der Waals surface area contributed by atoms with Gasteiger partial charge in [0.25, 0.3) is 5.91 Å². The van der Waals surface area contributed by atoms with Crippen LogP contribution in [0.4, 0.5) is 5.69 Å². The first-order valence-electron chi connectivity index (χ1n) is 10.5. The van der Waals surface area contributed by atoms with Gasteiger partial charge in [0.2, 0.25) is 0 Å². The Labute approximate surface area is 193 Å². The molecule has 0 unspecified atom stereocenters. The number of anilines is 1. The van der Waals surface area contributed by atoms with Crippen molar-refractivity contribution < 1.29 is 4.79 Å². The second-order valence-electron chi connectivity index (χ2n) is 7.52. The molecule has 6 heteroatoms. The van der Waals surface area contributed by atoms with Crippen molar-refractivity contribution in [2.75, 3.05) is 18.4 Å². The normalized spacial score (nSPS) is 11.4. The quantitative estimate of drug-likeness (QED) is 0.332. The fourth-order valence-corrected chi connectivity index (χ4v) is 5.05. The summed E-state index contributed by atoms with van der Waals surface area (Å²) >= 11 is 13.9. The molecule has 0 atom stereocenters. The molecule has 3 nitrogen and oxygen atoms in total. The number of carbonyl (C=O) groups is 1. The Morgan fingerprint density at radius 2 is 1.67 bits per heavy atom. The van der Waals surface area contributed by atoms with Crippen LogP contribution >= 0.6 is 34.5 Å². The number of carbonyl (C=O) groups excluding carboxylic acids is 1. The molecule has 1 N–H and O–H groups in total. The van der Waals surface area contributed by atoms with Crippen molar-refractivity contribution in [2.24, 2.45) is 0 Å². The molecule has 0 fully saturated rings. The summed E-state index contributed by atoms with van der Waals surface area (Å²) in [5.74, 6) is -0.197. The predicted molar refractivity (Wildman–Crippen MR) is 131 cm³/mol. The molecule has 160 valence electrons. The Bertz CT molecular complexity index is 977. The van der Waals surface area contributed by atoms with Crippen LogP contribution in [0.15, 0.2) is 42.5 Å². The summed E-state index contributed by atoms with van der Waals surface area (Å²) in [4.78, 5) is 15.8. The number of thiophene rings is 1. The van der Waals surface area contributed by atoms with E-state index in [1.165, 1.54) is 42.6 Å². The standard InChI is InChI=1S/C24H28Cl2N2OS/c1-3-5-13-28(14-6-4-2)16-17-7-10-19(11-8-17)27-24(29)23-22(26)20-12-9-18(25)15-21(20)30-23/h7-12,15H,3-6,13-14,16H2,1-2H3,(H,27,29). The maximum absolute atomic E-state index is 12.8. The first-order chi connectivity index (χ1) is 14.5. The molecule has 0 saturated heterocycles. The highest BCUT2D eigenvalue weighted by molar-refractivity contribution is 7.21. The number of benzene rings is 2. The summed E-state index contributed by atoms with van der Waals surface area (Å²) < 4.78 is 0.909. The van der Waals surface area contributed by atoms with E-state index in [0.29, 0.717) is 14.9 Å². The number of fused-ring (bicyclic) bond motifs is 1. The third kappa shape index (κ3) is 5.98. The summed E-state index contributed by atoms with van der Waals surface area (Å²) in [5.41, 5.74) is 2.03. The van der Waals surface area contributed by atoms with Gasteiger partial charge in [-0.05, 0) is 55.8 Å². The first kappa shape index (κ1) is 23.1. The lowest BCUT2D eigenvalue weighted by Gasteiger charge is -2.22. The highest BCUT2D eigenvalue weighted by atomic mass is 35.5. The smallest absolute Gasteiger partial charge is 0.267 e. The fourth-order valence-electron chi connectivity index (χ4n) is 3.36. The Hall–Kier alpha value is -1.59. The third-order valence-electron chi connectivity index (χ3n) is 5.07. The Morgan fingerprint density at radius 1 is 1.00 bits per heavy atom. The van der Waals surface area contributed by atoms with Gasteiger partial charge in [0, 0.05) is 27.3 Å². The van der Waals surface area contributed by atoms with E-state index in [-0.39, 0.29) is 5.91 Å². The van der Waals surface area contributed by atoms with Crippen molar-refractivity contribution >= 4 is 56.2 Å². The van der Waals surface area contributed by atoms with E-state index >= 15 is 0 Å². The van der Waals surface area contributed by atoms with E-state index in [2.05, 4.69) is 36.2 Å². The predicted octanol–water partition coefficient (Wildman–Crippen LogP) is 7.86. The van der Waals surface area contributed by atoms with Crippen LogP contribution in [-0.4, -0.2) is 23.9 Å². The minimum Gasteiger partial charge on any atom is -0.321 e. The number of nitrogens with zero attached hydrogens (tertiary/aromatic N) is 1. The van der Waals surface area contributed by atoms with Crippen molar-refractivity contribution in [1.82, 2.24) is 4.90 Å². The molecule has 0 bridgehead atoms. The van der Waals surface area contributed by atoms with Crippen LogP contribution in [0, 0.1) is 0 Å². The molecular formula is C24H28Cl2N2OS. The molecule has 2 aromatic carbocycles. The SMILES string of the molecule is CCCCN(CCCC)Cc1ccc(NC(=O)c2sc3cc(Cl)ccc3c2Cl)cc1. The molecule has 0 aliphatic carbocycles. The molecule has 1 aromatic heterocycles. The van der Waals surface area contributed by atoms with Crippen molar-refractivity contribution in [3.05, 3.63) is 63.0 Å². The number of halogens is 2. The topological polar surface area (TPSA) is 32.3 Å². The van der Waals surface area contributed by atoms with E-state index in [4.69, 9.17) is 23.2 Å². The van der Waals surface area contributed by atoms with Crippen molar-refractivity contribution in [3.63, 3.8) is 0 Å². The molecule has 1 amide bonds. The second kappa shape index (κ2) is 11.1. The number of unbranched alkanes of at least 4 members (excludes halogenated alkanes) is 2. The Kier molecular flexibility index (Phi) is 8.58. The van der Waals surface area contributed by atoms with Gasteiger partial charge in [-0.1, -0.05) is 68.1 Å². The lowest BCUT2D eigenvalue weighted by atomic mass is 10.1. The highest BCUT2D eigenvalue weighted by Gasteiger charge is 2.17. The molecule has 0 aliphatic heterocycles. The van der Waals surface area contributed by atoms with Gasteiger partial charge < -0.3 is 5.32 Å². The minimum absolute atomic E-state index is 0.197. The maximum Gasteiger partial charge on any atom is 0.267 e. The van der Waals surface area contributed by atoms with E-state index in [0.717, 1.165) is 35.4 Å². The zero-order valence-corrected chi connectivity index (χ0v) is 19.8. The Balaban J connectivity index is 1.66. The van der Waals surface area contributed by atoms with E-state index < -0.39 is 0 Å². The lowest BCUT2D eigenvalue weighted by Crippen LogP contribution is -2.25. The summed E-state index contributed by atoms with van der Waals surface area (Å²) in [6.07, 6.45) is 4.86. The molecule has 30 heavy (non-hydrogen) atoms. The van der Waals surface area contributed by atoms with Crippen LogP contribution in [0.2, 0.25) is 10.0 Å². The average molecular weight is 463 g/mol. The number of hydrogen-bond donors (Lipinski definition) is 1. The van der Waals surface area contributed by atoms with E-state index in [9.17, 15) is 4.79 Å². The molecule has 3 rings (SSSR count). The fraction of sp³-hybridized carbons (Fsp3) is 0.375. The summed E-state index contributed by atoms with van der Waals surface area (Å²) in [6.45, 7) is 7.66. The number of nitrogens with one attached hydrogen (secondary N) is 1. The highest BCUT2D eigenvalue weighted by Crippen LogP contribution is 2.37. The van der Waals surface area contributed by atoms with Crippen LogP contribution in [0.3, 0.4) is 0 Å². The number of amides is 1. The van der Waals surface area contributed by atoms with Gasteiger partial charge in [0.1, 0.15) is 4.88 Å². The average Bonchev–Trinajstić information content (AvgIpc) is 3.07. The van der Waals surface area contributed by atoms with Gasteiger partial charge in [-0.15, -0.1) is 11.3 Å². The van der Waals surface area contributed by atoms with Gasteiger partial charge in [0.05, 0.1) is 5.02 Å². The number of rotatable bonds is 10. The second-order valence-corrected chi connectivity index (χ2v) is 9.39. The maximum atomic E-state index is 12.8. The lowest BCUT2D eigenvalue weighted by molar-refractivity contribution is 0.103. The zero-order valence-electron chi connectivity index (χ0n) is 17.5. The van der Waals surface area contributed by atoms with Gasteiger partial charge in [-0.3, -0.25) is 9.69 Å². The van der Waals surface area contributed by atoms with Gasteiger partial charge in [-0.2, -0.15) is 0 Å². The summed E-state index contributed by atoms with van der Waals surface area (Å²) in [7, 11) is 0. The van der Waals surface area contributed by atoms with Crippen LogP contribution in [0.1, 0.15) is 54.8 Å². The minimum atomic E-state index is -0.197. The Morgan fingerprint density at radius 3 is 2.30 bits per heavy atom. The first-order valence-corrected chi connectivity index (χ1v) is 12.1. The summed E-state index contributed by atoms with van der Waals surface area (Å²) in [6, 6.07) is 13.6. The van der Waals surface area contributed by atoms with Crippen LogP contribution in [0.5, 0.6) is 0 Å². The number of hydrogen-bond acceptors (Lipinski definition) is 3. The van der Waals surface area contributed by atoms with E-state index in [1.54, 1.807) is 6.07 Å². The van der Waals surface area contributed by atoms with Crippen LogP contribution in [-0.2, 0) is 6.54 Å². The molecule has 0 spiro atoms. The molecule has 1 heterocycles. The van der Waals surface area contributed by atoms with Gasteiger partial charge in [-0.25, -0.2) is 0 Å². The molecule has 3 aromatic rings. The van der Waals surface area contributed by atoms with Crippen molar-refractivity contribution in [2.45, 2.75) is 46.1 Å². The molecule has 0 saturated carbocycles. The largest absolute Gasteiger partial charge is 0.321 e.